The number of carbonyl (C=O) groups is 2. The van der Waals surface area contributed by atoms with E-state index >= 15 is 0 Å². The average Bonchev–Trinajstić information content (AvgIpc) is 2.47. The van der Waals surface area contributed by atoms with Crippen LogP contribution in [-0.4, -0.2) is 11.6 Å². The van der Waals surface area contributed by atoms with Gasteiger partial charge in [0, 0.05) is 17.9 Å². The maximum absolute atomic E-state index is 11.9. The normalized spacial score (nSPS) is 10.0. The number of hydrogen-bond acceptors (Lipinski definition) is 2. The van der Waals surface area contributed by atoms with E-state index in [2.05, 4.69) is 4.85 Å². The number of halogens is 1. The first kappa shape index (κ1) is 15.9. The Morgan fingerprint density at radius 2 is 1.59 bits per heavy atom. The molecule has 0 fully saturated rings. The zero-order valence-electron chi connectivity index (χ0n) is 11.9. The van der Waals surface area contributed by atoms with Gasteiger partial charge in [-0.2, -0.15) is 0 Å². The summed E-state index contributed by atoms with van der Waals surface area (Å²) in [5.74, 6) is -0.243. The van der Waals surface area contributed by atoms with Gasteiger partial charge < -0.3 is 0 Å². The van der Waals surface area contributed by atoms with E-state index in [0.717, 1.165) is 11.1 Å². The molecule has 0 N–H and O–H groups in total. The summed E-state index contributed by atoms with van der Waals surface area (Å²) in [5.41, 5.74) is 2.16. The highest BCUT2D eigenvalue weighted by atomic mass is 35.5. The fourth-order valence-corrected chi connectivity index (χ4v) is 2.35. The molecule has 22 heavy (non-hydrogen) atoms. The Morgan fingerprint density at radius 1 is 0.955 bits per heavy atom. The number of rotatable bonds is 6. The fourth-order valence-electron chi connectivity index (χ4n) is 2.14. The molecule has 0 unspecified atom stereocenters. The standard InChI is InChI=1S/C18H14ClNO2/c1-20-16-7-5-13(6-8-16)10-17(21)12-18(22)11-14-3-2-4-15(19)9-14/h2-9H,10-12H2. The van der Waals surface area contributed by atoms with Gasteiger partial charge in [0.05, 0.1) is 13.0 Å². The Morgan fingerprint density at radius 3 is 2.18 bits per heavy atom. The number of nitrogens with zero attached hydrogens (tertiary/aromatic N) is 1. The Bertz CT molecular complexity index is 729. The van der Waals surface area contributed by atoms with Gasteiger partial charge in [0.1, 0.15) is 11.6 Å². The summed E-state index contributed by atoms with van der Waals surface area (Å²) in [6.07, 6.45) is 0.333. The number of Topliss-reactive ketones (excluding diaryl/α,β-unsaturated/α-hetero) is 2. The van der Waals surface area contributed by atoms with Crippen molar-refractivity contribution >= 4 is 28.9 Å². The first-order chi connectivity index (χ1) is 10.6. The Balaban J connectivity index is 1.88. The molecule has 3 nitrogen and oxygen atoms in total. The molecule has 0 radical (unpaired) electrons. The van der Waals surface area contributed by atoms with Gasteiger partial charge in [0.2, 0.25) is 0 Å². The van der Waals surface area contributed by atoms with Gasteiger partial charge in [0.15, 0.2) is 5.69 Å². The van der Waals surface area contributed by atoms with E-state index < -0.39 is 0 Å². The smallest absolute Gasteiger partial charge is 0.187 e. The first-order valence-corrected chi connectivity index (χ1v) is 7.19. The summed E-state index contributed by atoms with van der Waals surface area (Å²) in [5, 5.41) is 0.580. The molecule has 2 aromatic carbocycles. The largest absolute Gasteiger partial charge is 0.299 e. The first-order valence-electron chi connectivity index (χ1n) is 6.81. The van der Waals surface area contributed by atoms with Crippen molar-refractivity contribution in [3.8, 4) is 0 Å². The predicted molar refractivity (Wildman–Crippen MR) is 86.2 cm³/mol. The Kier molecular flexibility index (Phi) is 5.46. The van der Waals surface area contributed by atoms with Crippen LogP contribution in [0.15, 0.2) is 48.5 Å². The average molecular weight is 312 g/mol. The van der Waals surface area contributed by atoms with Crippen LogP contribution in [0.25, 0.3) is 4.85 Å². The van der Waals surface area contributed by atoms with E-state index in [-0.39, 0.29) is 30.8 Å². The molecule has 0 aliphatic rings. The molecule has 0 heterocycles. The lowest BCUT2D eigenvalue weighted by Crippen LogP contribution is -2.12. The van der Waals surface area contributed by atoms with Gasteiger partial charge in [-0.15, -0.1) is 0 Å². The number of benzene rings is 2. The second-order valence-electron chi connectivity index (χ2n) is 5.02. The van der Waals surface area contributed by atoms with E-state index in [0.29, 0.717) is 10.7 Å². The molecule has 0 spiro atoms. The van der Waals surface area contributed by atoms with E-state index in [1.165, 1.54) is 0 Å². The summed E-state index contributed by atoms with van der Waals surface area (Å²) < 4.78 is 0. The van der Waals surface area contributed by atoms with E-state index in [1.54, 1.807) is 42.5 Å². The van der Waals surface area contributed by atoms with Crippen molar-refractivity contribution in [1.29, 1.82) is 0 Å². The molecule has 2 aromatic rings. The predicted octanol–water partition coefficient (Wildman–Crippen LogP) is 4.20. The Labute approximate surface area is 134 Å². The summed E-state index contributed by atoms with van der Waals surface area (Å²) in [6, 6.07) is 13.9. The molecular formula is C18H14ClNO2. The number of carbonyl (C=O) groups excluding carboxylic acids is 2. The van der Waals surface area contributed by atoms with Crippen LogP contribution >= 0.6 is 11.6 Å². The zero-order valence-corrected chi connectivity index (χ0v) is 12.6. The molecule has 0 aliphatic heterocycles. The molecular weight excluding hydrogens is 298 g/mol. The third-order valence-corrected chi connectivity index (χ3v) is 3.39. The van der Waals surface area contributed by atoms with E-state index in [1.807, 2.05) is 6.07 Å². The molecule has 0 amide bonds. The van der Waals surface area contributed by atoms with Crippen molar-refractivity contribution in [1.82, 2.24) is 0 Å². The minimum atomic E-state index is -0.123. The quantitative estimate of drug-likeness (QED) is 0.592. The summed E-state index contributed by atoms with van der Waals surface area (Å²) in [7, 11) is 0. The second kappa shape index (κ2) is 7.53. The highest BCUT2D eigenvalue weighted by molar-refractivity contribution is 6.30. The van der Waals surface area contributed by atoms with Crippen LogP contribution in [0.2, 0.25) is 5.02 Å². The van der Waals surface area contributed by atoms with Crippen molar-refractivity contribution in [3.63, 3.8) is 0 Å². The molecule has 0 saturated heterocycles. The molecule has 0 bridgehead atoms. The maximum Gasteiger partial charge on any atom is 0.187 e. The minimum Gasteiger partial charge on any atom is -0.299 e. The highest BCUT2D eigenvalue weighted by Crippen LogP contribution is 2.14. The SMILES string of the molecule is [C-]#[N+]c1ccc(CC(=O)CC(=O)Cc2cccc(Cl)c2)cc1. The highest BCUT2D eigenvalue weighted by Gasteiger charge is 2.11. The summed E-state index contributed by atoms with van der Waals surface area (Å²) >= 11 is 5.87. The van der Waals surface area contributed by atoms with Crippen molar-refractivity contribution in [2.75, 3.05) is 0 Å². The number of ketones is 2. The van der Waals surface area contributed by atoms with Crippen LogP contribution in [0, 0.1) is 6.57 Å². The molecule has 2 rings (SSSR count). The molecule has 0 saturated carbocycles. The van der Waals surface area contributed by atoms with Crippen molar-refractivity contribution in [2.24, 2.45) is 0 Å². The molecule has 4 heteroatoms. The Hall–Kier alpha value is -2.44. The van der Waals surface area contributed by atoms with Crippen molar-refractivity contribution in [3.05, 3.63) is 76.1 Å². The number of hydrogen-bond donors (Lipinski definition) is 0. The van der Waals surface area contributed by atoms with Crippen LogP contribution in [-0.2, 0) is 22.4 Å². The molecule has 110 valence electrons. The van der Waals surface area contributed by atoms with Gasteiger partial charge in [-0.05, 0) is 23.3 Å². The third kappa shape index (κ3) is 4.83. The van der Waals surface area contributed by atoms with Gasteiger partial charge in [-0.3, -0.25) is 9.59 Å². The topological polar surface area (TPSA) is 38.5 Å². The van der Waals surface area contributed by atoms with Crippen molar-refractivity contribution in [2.45, 2.75) is 19.3 Å². The van der Waals surface area contributed by atoms with Crippen LogP contribution < -0.4 is 0 Å². The van der Waals surface area contributed by atoms with Crippen LogP contribution in [0.1, 0.15) is 17.5 Å². The lowest BCUT2D eigenvalue weighted by molar-refractivity contribution is -0.126. The van der Waals surface area contributed by atoms with Gasteiger partial charge >= 0.3 is 0 Å². The van der Waals surface area contributed by atoms with E-state index in [9.17, 15) is 9.59 Å². The summed E-state index contributed by atoms with van der Waals surface area (Å²) in [6.45, 7) is 6.87. The summed E-state index contributed by atoms with van der Waals surface area (Å²) in [4.78, 5) is 27.1. The maximum atomic E-state index is 11.9. The second-order valence-corrected chi connectivity index (χ2v) is 5.45. The van der Waals surface area contributed by atoms with Crippen molar-refractivity contribution < 1.29 is 9.59 Å². The zero-order chi connectivity index (χ0) is 15.9. The van der Waals surface area contributed by atoms with Gasteiger partial charge in [0.25, 0.3) is 0 Å². The van der Waals surface area contributed by atoms with Gasteiger partial charge in [-0.25, -0.2) is 4.85 Å². The minimum absolute atomic E-state index is 0.0862. The van der Waals surface area contributed by atoms with E-state index in [4.69, 9.17) is 18.2 Å². The lowest BCUT2D eigenvalue weighted by atomic mass is 10.0. The lowest BCUT2D eigenvalue weighted by Gasteiger charge is -2.03. The monoisotopic (exact) mass is 311 g/mol. The molecule has 0 aliphatic carbocycles. The molecule has 0 atom stereocenters. The van der Waals surface area contributed by atoms with Crippen LogP contribution in [0.4, 0.5) is 5.69 Å². The van der Waals surface area contributed by atoms with Crippen LogP contribution in [0.5, 0.6) is 0 Å². The molecule has 0 aromatic heterocycles. The third-order valence-electron chi connectivity index (χ3n) is 3.15. The fraction of sp³-hybridized carbons (Fsp3) is 0.167. The van der Waals surface area contributed by atoms with Crippen LogP contribution in [0.3, 0.4) is 0 Å². The van der Waals surface area contributed by atoms with Gasteiger partial charge in [-0.1, -0.05) is 48.0 Å².